The molecule has 0 aliphatic heterocycles. The van der Waals surface area contributed by atoms with Crippen LogP contribution in [0.5, 0.6) is 0 Å². The molecule has 1 N–H and O–H groups in total. The summed E-state index contributed by atoms with van der Waals surface area (Å²) in [5.74, 6) is -0.584. The van der Waals surface area contributed by atoms with E-state index in [1.807, 2.05) is 6.92 Å². The predicted molar refractivity (Wildman–Crippen MR) is 74.7 cm³/mol. The number of carbonyl (C=O) groups is 1. The first-order valence-electron chi connectivity index (χ1n) is 6.78. The molecule has 1 aliphatic rings. The van der Waals surface area contributed by atoms with Gasteiger partial charge in [-0.2, -0.15) is 0 Å². The van der Waals surface area contributed by atoms with Crippen LogP contribution < -0.4 is 5.32 Å². The number of halogens is 2. The SMILES string of the molecule is Cc1ccc(F)cc1C(Cl)C(=O)NC1CCCCC1. The monoisotopic (exact) mass is 283 g/mol. The van der Waals surface area contributed by atoms with E-state index in [1.54, 1.807) is 6.07 Å². The third kappa shape index (κ3) is 3.69. The number of hydrogen-bond acceptors (Lipinski definition) is 1. The summed E-state index contributed by atoms with van der Waals surface area (Å²) in [6.45, 7) is 1.83. The third-order valence-corrected chi connectivity index (χ3v) is 4.13. The van der Waals surface area contributed by atoms with Gasteiger partial charge in [0.05, 0.1) is 0 Å². The van der Waals surface area contributed by atoms with Gasteiger partial charge in [0.1, 0.15) is 11.2 Å². The molecule has 0 heterocycles. The van der Waals surface area contributed by atoms with Crippen molar-refractivity contribution in [2.24, 2.45) is 0 Å². The van der Waals surface area contributed by atoms with Gasteiger partial charge >= 0.3 is 0 Å². The van der Waals surface area contributed by atoms with Crippen LogP contribution >= 0.6 is 11.6 Å². The first kappa shape index (κ1) is 14.3. The summed E-state index contributed by atoms with van der Waals surface area (Å²) in [6, 6.07) is 4.58. The van der Waals surface area contributed by atoms with E-state index in [0.717, 1.165) is 31.2 Å². The number of rotatable bonds is 3. The summed E-state index contributed by atoms with van der Waals surface area (Å²) in [5.41, 5.74) is 1.38. The highest BCUT2D eigenvalue weighted by molar-refractivity contribution is 6.30. The molecule has 1 aromatic rings. The van der Waals surface area contributed by atoms with E-state index in [9.17, 15) is 9.18 Å². The van der Waals surface area contributed by atoms with Crippen molar-refractivity contribution < 1.29 is 9.18 Å². The predicted octanol–water partition coefficient (Wildman–Crippen LogP) is 3.86. The lowest BCUT2D eigenvalue weighted by Gasteiger charge is -2.24. The zero-order chi connectivity index (χ0) is 13.8. The van der Waals surface area contributed by atoms with Crippen molar-refractivity contribution in [3.8, 4) is 0 Å². The molecule has 1 saturated carbocycles. The summed E-state index contributed by atoms with van der Waals surface area (Å²) in [6.07, 6.45) is 5.56. The number of nitrogens with one attached hydrogen (secondary N) is 1. The van der Waals surface area contributed by atoms with Crippen LogP contribution in [-0.2, 0) is 4.79 Å². The van der Waals surface area contributed by atoms with Crippen molar-refractivity contribution in [1.29, 1.82) is 0 Å². The Kier molecular flexibility index (Phi) is 4.81. The maximum Gasteiger partial charge on any atom is 0.242 e. The summed E-state index contributed by atoms with van der Waals surface area (Å²) < 4.78 is 13.2. The van der Waals surface area contributed by atoms with Crippen LogP contribution in [0.1, 0.15) is 48.6 Å². The molecule has 1 fully saturated rings. The third-order valence-electron chi connectivity index (χ3n) is 3.70. The van der Waals surface area contributed by atoms with Crippen molar-refractivity contribution in [3.05, 3.63) is 35.1 Å². The zero-order valence-electron chi connectivity index (χ0n) is 11.1. The van der Waals surface area contributed by atoms with Gasteiger partial charge in [0.25, 0.3) is 0 Å². The van der Waals surface area contributed by atoms with E-state index in [1.165, 1.54) is 18.6 Å². The van der Waals surface area contributed by atoms with E-state index in [2.05, 4.69) is 5.32 Å². The molecule has 4 heteroatoms. The molecule has 1 atom stereocenters. The largest absolute Gasteiger partial charge is 0.352 e. The summed E-state index contributed by atoms with van der Waals surface area (Å²) in [4.78, 5) is 12.1. The Morgan fingerprint density at radius 2 is 2.05 bits per heavy atom. The molecule has 0 aromatic heterocycles. The van der Waals surface area contributed by atoms with Crippen molar-refractivity contribution in [2.45, 2.75) is 50.4 Å². The van der Waals surface area contributed by atoms with E-state index >= 15 is 0 Å². The van der Waals surface area contributed by atoms with E-state index in [-0.39, 0.29) is 17.8 Å². The minimum atomic E-state index is -0.822. The maximum atomic E-state index is 13.2. The lowest BCUT2D eigenvalue weighted by molar-refractivity contribution is -0.121. The van der Waals surface area contributed by atoms with Crippen LogP contribution in [-0.4, -0.2) is 11.9 Å². The van der Waals surface area contributed by atoms with Crippen LogP contribution in [0.15, 0.2) is 18.2 Å². The van der Waals surface area contributed by atoms with Crippen molar-refractivity contribution in [2.75, 3.05) is 0 Å². The van der Waals surface area contributed by atoms with Gasteiger partial charge in [-0.25, -0.2) is 4.39 Å². The molecule has 19 heavy (non-hydrogen) atoms. The van der Waals surface area contributed by atoms with E-state index < -0.39 is 5.38 Å². The molecule has 1 aromatic carbocycles. The fourth-order valence-corrected chi connectivity index (χ4v) is 2.84. The van der Waals surface area contributed by atoms with Crippen molar-refractivity contribution in [3.63, 3.8) is 0 Å². The molecule has 2 nitrogen and oxygen atoms in total. The smallest absolute Gasteiger partial charge is 0.242 e. The minimum absolute atomic E-state index is 0.219. The summed E-state index contributed by atoms with van der Waals surface area (Å²) >= 11 is 6.17. The van der Waals surface area contributed by atoms with E-state index in [0.29, 0.717) is 5.56 Å². The first-order chi connectivity index (χ1) is 9.08. The molecule has 0 radical (unpaired) electrons. The second kappa shape index (κ2) is 6.38. The Morgan fingerprint density at radius 3 is 2.74 bits per heavy atom. The molecule has 0 bridgehead atoms. The Bertz CT molecular complexity index is 457. The quantitative estimate of drug-likeness (QED) is 0.839. The molecule has 1 aliphatic carbocycles. The van der Waals surface area contributed by atoms with Crippen LogP contribution in [0.4, 0.5) is 4.39 Å². The van der Waals surface area contributed by atoms with Crippen LogP contribution in [0, 0.1) is 12.7 Å². The lowest BCUT2D eigenvalue weighted by Crippen LogP contribution is -2.38. The van der Waals surface area contributed by atoms with Crippen LogP contribution in [0.25, 0.3) is 0 Å². The second-order valence-electron chi connectivity index (χ2n) is 5.21. The lowest BCUT2D eigenvalue weighted by atomic mass is 9.95. The standard InChI is InChI=1S/C15H19ClFNO/c1-10-7-8-11(17)9-13(10)14(16)15(19)18-12-5-3-2-4-6-12/h7-9,12,14H,2-6H2,1H3,(H,18,19). The Hall–Kier alpha value is -1.09. The van der Waals surface area contributed by atoms with Gasteiger partial charge in [0, 0.05) is 6.04 Å². The fourth-order valence-electron chi connectivity index (χ4n) is 2.55. The number of hydrogen-bond donors (Lipinski definition) is 1. The highest BCUT2D eigenvalue weighted by Crippen LogP contribution is 2.26. The first-order valence-corrected chi connectivity index (χ1v) is 7.22. The van der Waals surface area contributed by atoms with Gasteiger partial charge < -0.3 is 5.32 Å². The van der Waals surface area contributed by atoms with Crippen LogP contribution in [0.3, 0.4) is 0 Å². The summed E-state index contributed by atoms with van der Waals surface area (Å²) in [7, 11) is 0. The molecular formula is C15H19ClFNO. The zero-order valence-corrected chi connectivity index (χ0v) is 11.8. The molecule has 2 rings (SSSR count). The topological polar surface area (TPSA) is 29.1 Å². The molecule has 0 spiro atoms. The Morgan fingerprint density at radius 1 is 1.37 bits per heavy atom. The minimum Gasteiger partial charge on any atom is -0.352 e. The van der Waals surface area contributed by atoms with Crippen LogP contribution in [0.2, 0.25) is 0 Å². The van der Waals surface area contributed by atoms with Gasteiger partial charge in [0.15, 0.2) is 0 Å². The molecule has 104 valence electrons. The number of alkyl halides is 1. The van der Waals surface area contributed by atoms with Gasteiger partial charge in [-0.15, -0.1) is 11.6 Å². The van der Waals surface area contributed by atoms with Gasteiger partial charge in [0.2, 0.25) is 5.91 Å². The fraction of sp³-hybridized carbons (Fsp3) is 0.533. The van der Waals surface area contributed by atoms with Gasteiger partial charge in [-0.05, 0) is 43.0 Å². The highest BCUT2D eigenvalue weighted by Gasteiger charge is 2.23. The second-order valence-corrected chi connectivity index (χ2v) is 5.64. The normalized spacial score (nSPS) is 18.1. The molecule has 0 saturated heterocycles. The molecule has 1 amide bonds. The average Bonchev–Trinajstić information content (AvgIpc) is 2.42. The van der Waals surface area contributed by atoms with Crippen molar-refractivity contribution in [1.82, 2.24) is 5.32 Å². The average molecular weight is 284 g/mol. The van der Waals surface area contributed by atoms with E-state index in [4.69, 9.17) is 11.6 Å². The Labute approximate surface area is 118 Å². The number of amides is 1. The highest BCUT2D eigenvalue weighted by atomic mass is 35.5. The van der Waals surface area contributed by atoms with Gasteiger partial charge in [-0.1, -0.05) is 25.3 Å². The van der Waals surface area contributed by atoms with Gasteiger partial charge in [-0.3, -0.25) is 4.79 Å². The number of benzene rings is 1. The number of aryl methyl sites for hydroxylation is 1. The summed E-state index contributed by atoms with van der Waals surface area (Å²) in [5, 5.41) is 2.15. The maximum absolute atomic E-state index is 13.2. The molecular weight excluding hydrogens is 265 g/mol. The molecule has 1 unspecified atom stereocenters. The number of carbonyl (C=O) groups excluding carboxylic acids is 1. The Balaban J connectivity index is 2.03. The van der Waals surface area contributed by atoms with Crippen molar-refractivity contribution >= 4 is 17.5 Å².